The zero-order valence-corrected chi connectivity index (χ0v) is 7.25. The molecule has 72 valence electrons. The van der Waals surface area contributed by atoms with E-state index in [2.05, 4.69) is 5.14 Å². The Labute approximate surface area is 70.6 Å². The fraction of sp³-hybridized carbons (Fsp3) is 0.800. The molecule has 1 atom stereocenters. The Morgan fingerprint density at radius 3 is 2.33 bits per heavy atom. The number of carbonyl (C=O) groups is 1. The first-order valence-electron chi connectivity index (χ1n) is 3.32. The van der Waals surface area contributed by atoms with Gasteiger partial charge in [-0.05, 0) is 12.8 Å². The van der Waals surface area contributed by atoms with Crippen LogP contribution in [0.1, 0.15) is 12.8 Å². The van der Waals surface area contributed by atoms with Gasteiger partial charge in [0.25, 0.3) is 0 Å². The molecule has 0 heterocycles. The maximum absolute atomic E-state index is 10.4. The highest BCUT2D eigenvalue weighted by Gasteiger charge is 2.12. The Kier molecular flexibility index (Phi) is 4.15. The lowest BCUT2D eigenvalue weighted by atomic mass is 10.2. The molecule has 0 aromatic heterocycles. The summed E-state index contributed by atoms with van der Waals surface area (Å²) in [6.45, 7) is 0. The lowest BCUT2D eigenvalue weighted by Gasteiger charge is -2.03. The Balaban J connectivity index is 3.65. The summed E-state index contributed by atoms with van der Waals surface area (Å²) in [6.07, 6.45) is 0.290. The van der Waals surface area contributed by atoms with Crippen molar-refractivity contribution >= 4 is 16.0 Å². The molecule has 0 bridgehead atoms. The first-order valence-corrected chi connectivity index (χ1v) is 5.03. The maximum Gasteiger partial charge on any atom is 0.320 e. The van der Waals surface area contributed by atoms with Crippen molar-refractivity contribution in [1.82, 2.24) is 0 Å². The van der Waals surface area contributed by atoms with Crippen molar-refractivity contribution in [3.63, 3.8) is 0 Å². The lowest BCUT2D eigenvalue weighted by molar-refractivity contribution is -0.138. The van der Waals surface area contributed by atoms with Gasteiger partial charge in [0.05, 0.1) is 5.75 Å². The molecule has 0 spiro atoms. The summed E-state index contributed by atoms with van der Waals surface area (Å²) in [6, 6.07) is -1.01. The maximum atomic E-state index is 10.4. The van der Waals surface area contributed by atoms with Crippen molar-refractivity contribution < 1.29 is 18.3 Å². The van der Waals surface area contributed by atoms with Crippen LogP contribution < -0.4 is 10.9 Å². The Hall–Kier alpha value is -0.660. The summed E-state index contributed by atoms with van der Waals surface area (Å²) in [5.41, 5.74) is 5.11. The molecule has 0 radical (unpaired) electrons. The van der Waals surface area contributed by atoms with Crippen LogP contribution in [0.3, 0.4) is 0 Å². The summed E-state index contributed by atoms with van der Waals surface area (Å²) in [5.74, 6) is -1.36. The van der Waals surface area contributed by atoms with E-state index in [-0.39, 0.29) is 18.6 Å². The van der Waals surface area contributed by atoms with Crippen LogP contribution in [0.4, 0.5) is 0 Å². The second-order valence-corrected chi connectivity index (χ2v) is 4.19. The van der Waals surface area contributed by atoms with Crippen molar-refractivity contribution in [2.24, 2.45) is 10.9 Å². The van der Waals surface area contributed by atoms with Crippen molar-refractivity contribution in [2.75, 3.05) is 5.75 Å². The van der Waals surface area contributed by atoms with Crippen LogP contribution in [0, 0.1) is 0 Å². The van der Waals surface area contributed by atoms with Gasteiger partial charge in [-0.1, -0.05) is 0 Å². The number of hydrogen-bond donors (Lipinski definition) is 3. The molecule has 0 aromatic rings. The summed E-state index contributed by atoms with van der Waals surface area (Å²) < 4.78 is 20.7. The van der Waals surface area contributed by atoms with Gasteiger partial charge in [-0.3, -0.25) is 4.79 Å². The van der Waals surface area contributed by atoms with Crippen LogP contribution in [0.2, 0.25) is 0 Å². The molecular formula is C5H12N2O4S. The van der Waals surface area contributed by atoms with Crippen LogP contribution in [0.15, 0.2) is 0 Å². The van der Waals surface area contributed by atoms with Crippen LogP contribution >= 0.6 is 0 Å². The summed E-state index contributed by atoms with van der Waals surface area (Å²) in [5, 5.41) is 13.0. The molecule has 0 amide bonds. The summed E-state index contributed by atoms with van der Waals surface area (Å²) in [7, 11) is -3.49. The van der Waals surface area contributed by atoms with E-state index in [1.54, 1.807) is 0 Å². The highest BCUT2D eigenvalue weighted by molar-refractivity contribution is 7.89. The van der Waals surface area contributed by atoms with Gasteiger partial charge in [-0.25, -0.2) is 13.6 Å². The third-order valence-corrected chi connectivity index (χ3v) is 2.12. The zero-order valence-electron chi connectivity index (χ0n) is 6.43. The zero-order chi connectivity index (χ0) is 9.78. The molecular weight excluding hydrogens is 184 g/mol. The number of carboxylic acid groups (broad SMARTS) is 1. The molecule has 0 aliphatic carbocycles. The minimum atomic E-state index is -3.49. The number of carboxylic acids is 1. The molecule has 0 rings (SSSR count). The molecule has 5 N–H and O–H groups in total. The predicted molar refractivity (Wildman–Crippen MR) is 42.8 cm³/mol. The quantitative estimate of drug-likeness (QED) is 0.492. The van der Waals surface area contributed by atoms with E-state index >= 15 is 0 Å². The third-order valence-electron chi connectivity index (χ3n) is 1.26. The third kappa shape index (κ3) is 6.08. The fourth-order valence-electron chi connectivity index (χ4n) is 0.628. The monoisotopic (exact) mass is 196 g/mol. The van der Waals surface area contributed by atoms with Gasteiger partial charge < -0.3 is 10.8 Å². The molecule has 0 saturated heterocycles. The highest BCUT2D eigenvalue weighted by Crippen LogP contribution is 1.96. The number of nitrogens with two attached hydrogens (primary N) is 2. The van der Waals surface area contributed by atoms with Crippen LogP contribution in [0.5, 0.6) is 0 Å². The summed E-state index contributed by atoms with van der Waals surface area (Å²) >= 11 is 0. The van der Waals surface area contributed by atoms with Crippen molar-refractivity contribution in [1.29, 1.82) is 0 Å². The van der Waals surface area contributed by atoms with Gasteiger partial charge >= 0.3 is 5.97 Å². The van der Waals surface area contributed by atoms with E-state index in [1.165, 1.54) is 0 Å². The topological polar surface area (TPSA) is 123 Å². The van der Waals surface area contributed by atoms with Gasteiger partial charge in [0.2, 0.25) is 10.0 Å². The van der Waals surface area contributed by atoms with Gasteiger partial charge in [0.1, 0.15) is 6.04 Å². The SMILES string of the molecule is N[C@@H](CCCS(N)(=O)=O)C(=O)O. The van der Waals surface area contributed by atoms with Crippen LogP contribution in [-0.2, 0) is 14.8 Å². The highest BCUT2D eigenvalue weighted by atomic mass is 32.2. The normalized spacial score (nSPS) is 14.2. The Morgan fingerprint density at radius 2 is 2.00 bits per heavy atom. The smallest absolute Gasteiger partial charge is 0.320 e. The number of hydrogen-bond acceptors (Lipinski definition) is 4. The van der Waals surface area contributed by atoms with E-state index in [4.69, 9.17) is 10.8 Å². The number of primary sulfonamides is 1. The van der Waals surface area contributed by atoms with Crippen molar-refractivity contribution in [2.45, 2.75) is 18.9 Å². The van der Waals surface area contributed by atoms with Crippen LogP contribution in [-0.4, -0.2) is 31.3 Å². The van der Waals surface area contributed by atoms with E-state index < -0.39 is 22.0 Å². The standard InChI is InChI=1S/C5H12N2O4S/c6-4(5(8)9)2-1-3-12(7,10)11/h4H,1-3,6H2,(H,8,9)(H2,7,10,11)/t4-/m0/s1. The molecule has 7 heteroatoms. The first kappa shape index (κ1) is 11.3. The minimum Gasteiger partial charge on any atom is -0.480 e. The Bertz CT molecular complexity index is 248. The Morgan fingerprint density at radius 1 is 1.50 bits per heavy atom. The van der Waals surface area contributed by atoms with E-state index in [0.29, 0.717) is 0 Å². The lowest BCUT2D eigenvalue weighted by Crippen LogP contribution is -2.30. The van der Waals surface area contributed by atoms with Crippen molar-refractivity contribution in [3.05, 3.63) is 0 Å². The first-order chi connectivity index (χ1) is 5.33. The van der Waals surface area contributed by atoms with Gasteiger partial charge in [0, 0.05) is 0 Å². The number of rotatable bonds is 5. The molecule has 0 aromatic carbocycles. The predicted octanol–water partition coefficient (Wildman–Crippen LogP) is -1.53. The number of aliphatic carboxylic acids is 1. The van der Waals surface area contributed by atoms with Gasteiger partial charge in [-0.15, -0.1) is 0 Å². The van der Waals surface area contributed by atoms with Gasteiger partial charge in [0.15, 0.2) is 0 Å². The fourth-order valence-corrected chi connectivity index (χ4v) is 1.20. The average Bonchev–Trinajstić information content (AvgIpc) is 1.84. The molecule has 0 fully saturated rings. The largest absolute Gasteiger partial charge is 0.480 e. The van der Waals surface area contributed by atoms with E-state index in [9.17, 15) is 13.2 Å². The molecule has 12 heavy (non-hydrogen) atoms. The molecule has 0 unspecified atom stereocenters. The van der Waals surface area contributed by atoms with E-state index in [0.717, 1.165) is 0 Å². The van der Waals surface area contributed by atoms with E-state index in [1.807, 2.05) is 0 Å². The van der Waals surface area contributed by atoms with Crippen molar-refractivity contribution in [3.8, 4) is 0 Å². The molecule has 0 saturated carbocycles. The minimum absolute atomic E-state index is 0.117. The molecule has 6 nitrogen and oxygen atoms in total. The number of sulfonamides is 1. The molecule has 0 aliphatic rings. The van der Waals surface area contributed by atoms with Crippen LogP contribution in [0.25, 0.3) is 0 Å². The van der Waals surface area contributed by atoms with Gasteiger partial charge in [-0.2, -0.15) is 0 Å². The second-order valence-electron chi connectivity index (χ2n) is 2.45. The average molecular weight is 196 g/mol. The summed E-state index contributed by atoms with van der Waals surface area (Å²) in [4.78, 5) is 10.1. The molecule has 0 aliphatic heterocycles. The second kappa shape index (κ2) is 4.39.